The fourth-order valence-electron chi connectivity index (χ4n) is 2.96. The first kappa shape index (κ1) is 16.9. The lowest BCUT2D eigenvalue weighted by Gasteiger charge is -2.32. The number of H-pyrrole nitrogens is 2. The van der Waals surface area contributed by atoms with Crippen molar-refractivity contribution in [2.24, 2.45) is 5.92 Å². The number of aromatic nitrogens is 3. The van der Waals surface area contributed by atoms with Crippen LogP contribution in [0.4, 0.5) is 0 Å². The van der Waals surface area contributed by atoms with Crippen molar-refractivity contribution < 1.29 is 9.59 Å². The summed E-state index contributed by atoms with van der Waals surface area (Å²) in [5.74, 6) is 0.114. The van der Waals surface area contributed by atoms with Crippen LogP contribution < -0.4 is 11.0 Å². The number of amides is 2. The number of benzene rings is 1. The molecule has 3 rings (SSSR count). The molecule has 1 aromatic carbocycles. The predicted molar refractivity (Wildman–Crippen MR) is 90.5 cm³/mol. The third kappa shape index (κ3) is 4.56. The molecule has 1 saturated heterocycles. The van der Waals surface area contributed by atoms with E-state index in [4.69, 9.17) is 0 Å². The first-order valence-corrected chi connectivity index (χ1v) is 8.35. The number of nitrogens with zero attached hydrogens (tertiary/aromatic N) is 2. The van der Waals surface area contributed by atoms with Crippen molar-refractivity contribution in [3.8, 4) is 0 Å². The Morgan fingerprint density at radius 1 is 1.28 bits per heavy atom. The van der Waals surface area contributed by atoms with Gasteiger partial charge in [-0.15, -0.1) is 0 Å². The lowest BCUT2D eigenvalue weighted by molar-refractivity contribution is -0.138. The van der Waals surface area contributed by atoms with Gasteiger partial charge in [0.05, 0.1) is 12.5 Å². The molecule has 1 fully saturated rings. The fraction of sp³-hybridized carbons (Fsp3) is 0.412. The van der Waals surface area contributed by atoms with E-state index in [1.807, 2.05) is 30.3 Å². The standard InChI is InChI=1S/C17H21N5O3/c23-15-7-6-13(16(24)18-10-14-19-17(25)21-20-14)11-22(15)9-8-12-4-2-1-3-5-12/h1-5,13H,6-11H2,(H,18,24)(H2,19,20,21,25)/t13-/m1/s1. The van der Waals surface area contributed by atoms with Gasteiger partial charge >= 0.3 is 5.69 Å². The molecule has 3 N–H and O–H groups in total. The summed E-state index contributed by atoms with van der Waals surface area (Å²) < 4.78 is 0. The van der Waals surface area contributed by atoms with Crippen LogP contribution in [0.15, 0.2) is 35.1 Å². The summed E-state index contributed by atoms with van der Waals surface area (Å²) in [4.78, 5) is 39.7. The molecule has 2 heterocycles. The maximum atomic E-state index is 12.3. The minimum absolute atomic E-state index is 0.0941. The largest absolute Gasteiger partial charge is 0.349 e. The normalized spacial score (nSPS) is 17.5. The Balaban J connectivity index is 1.51. The quantitative estimate of drug-likeness (QED) is 0.695. The molecule has 25 heavy (non-hydrogen) atoms. The van der Waals surface area contributed by atoms with E-state index in [0.29, 0.717) is 31.8 Å². The van der Waals surface area contributed by atoms with Crippen molar-refractivity contribution in [2.45, 2.75) is 25.8 Å². The van der Waals surface area contributed by atoms with E-state index in [9.17, 15) is 14.4 Å². The summed E-state index contributed by atoms with van der Waals surface area (Å²) in [5, 5.41) is 8.76. The van der Waals surface area contributed by atoms with Gasteiger partial charge in [-0.1, -0.05) is 30.3 Å². The highest BCUT2D eigenvalue weighted by Gasteiger charge is 2.29. The second-order valence-corrected chi connectivity index (χ2v) is 6.15. The van der Waals surface area contributed by atoms with Gasteiger partial charge in [0.2, 0.25) is 11.8 Å². The third-order valence-electron chi connectivity index (χ3n) is 4.36. The van der Waals surface area contributed by atoms with Crippen molar-refractivity contribution in [3.05, 3.63) is 52.2 Å². The average Bonchev–Trinajstić information content (AvgIpc) is 3.05. The van der Waals surface area contributed by atoms with E-state index in [2.05, 4.69) is 20.5 Å². The molecule has 0 radical (unpaired) electrons. The zero-order valence-corrected chi connectivity index (χ0v) is 13.8. The van der Waals surface area contributed by atoms with Gasteiger partial charge < -0.3 is 10.2 Å². The number of likely N-dealkylation sites (tertiary alicyclic amines) is 1. The number of carbonyl (C=O) groups is 2. The number of hydrogen-bond donors (Lipinski definition) is 3. The molecule has 1 aliphatic heterocycles. The van der Waals surface area contributed by atoms with Crippen LogP contribution in [0, 0.1) is 5.92 Å². The summed E-state index contributed by atoms with van der Waals surface area (Å²) in [6, 6.07) is 9.97. The lowest BCUT2D eigenvalue weighted by Crippen LogP contribution is -2.46. The molecule has 0 spiro atoms. The van der Waals surface area contributed by atoms with Gasteiger partial charge in [0, 0.05) is 19.5 Å². The molecule has 1 atom stereocenters. The Hall–Kier alpha value is -2.90. The Morgan fingerprint density at radius 2 is 2.08 bits per heavy atom. The highest BCUT2D eigenvalue weighted by Crippen LogP contribution is 2.18. The summed E-state index contributed by atoms with van der Waals surface area (Å²) in [5.41, 5.74) is 0.768. The zero-order chi connectivity index (χ0) is 17.6. The Bertz CT molecular complexity index is 783. The Kier molecular flexibility index (Phi) is 5.27. The number of hydrogen-bond acceptors (Lipinski definition) is 4. The van der Waals surface area contributed by atoms with Crippen LogP contribution in [0.1, 0.15) is 24.2 Å². The predicted octanol–water partition coefficient (Wildman–Crippen LogP) is 0.195. The molecule has 0 aliphatic carbocycles. The molecule has 0 saturated carbocycles. The van der Waals surface area contributed by atoms with Crippen molar-refractivity contribution in [1.29, 1.82) is 0 Å². The Morgan fingerprint density at radius 3 is 2.80 bits per heavy atom. The molecule has 2 amide bonds. The van der Waals surface area contributed by atoms with Crippen molar-refractivity contribution in [1.82, 2.24) is 25.4 Å². The SMILES string of the molecule is O=C(NCc1n[nH]c(=O)[nH]1)[C@@H]1CCC(=O)N(CCc2ccccc2)C1. The topological polar surface area (TPSA) is 111 Å². The van der Waals surface area contributed by atoms with Crippen molar-refractivity contribution in [2.75, 3.05) is 13.1 Å². The number of carbonyl (C=O) groups excluding carboxylic acids is 2. The molecule has 8 heteroatoms. The third-order valence-corrected chi connectivity index (χ3v) is 4.36. The number of aromatic amines is 2. The smallest absolute Gasteiger partial charge is 0.340 e. The van der Waals surface area contributed by atoms with Gasteiger partial charge in [0.25, 0.3) is 0 Å². The minimum atomic E-state index is -0.403. The van der Waals surface area contributed by atoms with Crippen LogP contribution in [0.2, 0.25) is 0 Å². The first-order valence-electron chi connectivity index (χ1n) is 8.35. The zero-order valence-electron chi connectivity index (χ0n) is 13.8. The summed E-state index contributed by atoms with van der Waals surface area (Å²) in [6.45, 7) is 1.19. The van der Waals surface area contributed by atoms with Crippen LogP contribution in [-0.4, -0.2) is 45.0 Å². The number of rotatable bonds is 6. The van der Waals surface area contributed by atoms with Crippen LogP contribution in [-0.2, 0) is 22.6 Å². The first-order chi connectivity index (χ1) is 12.1. The van der Waals surface area contributed by atoms with Gasteiger partial charge in [0.15, 0.2) is 0 Å². The molecule has 0 unspecified atom stereocenters. The van der Waals surface area contributed by atoms with E-state index in [1.165, 1.54) is 5.56 Å². The van der Waals surface area contributed by atoms with Crippen LogP contribution >= 0.6 is 0 Å². The van der Waals surface area contributed by atoms with E-state index in [-0.39, 0.29) is 24.3 Å². The van der Waals surface area contributed by atoms with E-state index in [0.717, 1.165) is 6.42 Å². The maximum absolute atomic E-state index is 12.3. The molecular weight excluding hydrogens is 322 g/mol. The second kappa shape index (κ2) is 7.78. The van der Waals surface area contributed by atoms with E-state index < -0.39 is 5.69 Å². The van der Waals surface area contributed by atoms with Gasteiger partial charge in [-0.2, -0.15) is 5.10 Å². The fourth-order valence-corrected chi connectivity index (χ4v) is 2.96. The van der Waals surface area contributed by atoms with Crippen LogP contribution in [0.5, 0.6) is 0 Å². The highest BCUT2D eigenvalue weighted by molar-refractivity contribution is 5.83. The molecular formula is C17H21N5O3. The lowest BCUT2D eigenvalue weighted by atomic mass is 9.96. The maximum Gasteiger partial charge on any atom is 0.340 e. The summed E-state index contributed by atoms with van der Waals surface area (Å²) in [6.07, 6.45) is 1.70. The monoisotopic (exact) mass is 343 g/mol. The van der Waals surface area contributed by atoms with Crippen LogP contribution in [0.25, 0.3) is 0 Å². The van der Waals surface area contributed by atoms with Gasteiger partial charge in [0.1, 0.15) is 5.82 Å². The van der Waals surface area contributed by atoms with Crippen molar-refractivity contribution >= 4 is 11.8 Å². The summed E-state index contributed by atoms with van der Waals surface area (Å²) in [7, 11) is 0. The minimum Gasteiger partial charge on any atom is -0.349 e. The molecule has 8 nitrogen and oxygen atoms in total. The number of piperidine rings is 1. The highest BCUT2D eigenvalue weighted by atomic mass is 16.2. The molecule has 1 aliphatic rings. The molecule has 132 valence electrons. The molecule has 2 aromatic rings. The van der Waals surface area contributed by atoms with E-state index >= 15 is 0 Å². The van der Waals surface area contributed by atoms with Gasteiger partial charge in [-0.25, -0.2) is 9.89 Å². The molecule has 1 aromatic heterocycles. The molecule has 0 bridgehead atoms. The Labute approximate surface area is 144 Å². The van der Waals surface area contributed by atoms with E-state index in [1.54, 1.807) is 4.90 Å². The van der Waals surface area contributed by atoms with Crippen LogP contribution in [0.3, 0.4) is 0 Å². The summed E-state index contributed by atoms with van der Waals surface area (Å²) >= 11 is 0. The number of nitrogens with one attached hydrogen (secondary N) is 3. The average molecular weight is 343 g/mol. The van der Waals surface area contributed by atoms with Gasteiger partial charge in [-0.3, -0.25) is 14.6 Å². The second-order valence-electron chi connectivity index (χ2n) is 6.15. The van der Waals surface area contributed by atoms with Gasteiger partial charge in [-0.05, 0) is 18.4 Å². The van der Waals surface area contributed by atoms with Crippen molar-refractivity contribution in [3.63, 3.8) is 0 Å².